The molecule has 1 aromatic rings. The van der Waals surface area contributed by atoms with Gasteiger partial charge in [-0.15, -0.1) is 6.42 Å². The molecular weight excluding hydrogens is 155 g/mol. The van der Waals surface area contributed by atoms with Gasteiger partial charge in [-0.1, -0.05) is 5.92 Å². The van der Waals surface area contributed by atoms with E-state index in [-0.39, 0.29) is 11.4 Å². The van der Waals surface area contributed by atoms with Crippen molar-refractivity contribution in [3.05, 3.63) is 18.2 Å². The van der Waals surface area contributed by atoms with E-state index in [2.05, 4.69) is 11.0 Å². The van der Waals surface area contributed by atoms with Crippen LogP contribution in [0.1, 0.15) is 19.3 Å². The maximum atomic E-state index is 12.6. The number of aromatic nitrogens is 2. The minimum Gasteiger partial charge on any atom is -0.252 e. The minimum atomic E-state index is -0.329. The van der Waals surface area contributed by atoms with E-state index < -0.39 is 0 Å². The molecule has 0 bridgehead atoms. The first-order chi connectivity index (χ1) is 5.77. The highest BCUT2D eigenvalue weighted by atomic mass is 19.1. The van der Waals surface area contributed by atoms with Gasteiger partial charge in [-0.2, -0.15) is 5.10 Å². The van der Waals surface area contributed by atoms with Gasteiger partial charge < -0.3 is 0 Å². The van der Waals surface area contributed by atoms with Gasteiger partial charge in [0.05, 0.1) is 12.4 Å². The molecule has 0 unspecified atom stereocenters. The summed E-state index contributed by atoms with van der Waals surface area (Å²) in [6.45, 7) is 0. The monoisotopic (exact) mass is 164 g/mol. The third kappa shape index (κ3) is 0.845. The van der Waals surface area contributed by atoms with E-state index >= 15 is 0 Å². The molecular formula is C9H9FN2. The lowest BCUT2D eigenvalue weighted by molar-refractivity contribution is 0.200. The van der Waals surface area contributed by atoms with Gasteiger partial charge in [0.1, 0.15) is 5.54 Å². The van der Waals surface area contributed by atoms with Crippen LogP contribution < -0.4 is 0 Å². The van der Waals surface area contributed by atoms with Crippen molar-refractivity contribution in [1.29, 1.82) is 0 Å². The van der Waals surface area contributed by atoms with Crippen LogP contribution in [0.25, 0.3) is 0 Å². The second-order valence-electron chi connectivity index (χ2n) is 3.13. The molecule has 0 aliphatic heterocycles. The first-order valence-electron chi connectivity index (χ1n) is 3.95. The lowest BCUT2D eigenvalue weighted by atomic mass is 9.78. The van der Waals surface area contributed by atoms with Crippen LogP contribution in [-0.4, -0.2) is 9.78 Å². The molecule has 1 saturated carbocycles. The molecule has 12 heavy (non-hydrogen) atoms. The number of nitrogens with zero attached hydrogens (tertiary/aromatic N) is 2. The summed E-state index contributed by atoms with van der Waals surface area (Å²) in [4.78, 5) is 0. The van der Waals surface area contributed by atoms with E-state index in [1.54, 1.807) is 4.68 Å². The van der Waals surface area contributed by atoms with Crippen LogP contribution in [0.2, 0.25) is 0 Å². The van der Waals surface area contributed by atoms with E-state index in [0.717, 1.165) is 19.3 Å². The summed E-state index contributed by atoms with van der Waals surface area (Å²) >= 11 is 0. The zero-order valence-corrected chi connectivity index (χ0v) is 6.63. The summed E-state index contributed by atoms with van der Waals surface area (Å²) in [6.07, 6.45) is 10.8. The van der Waals surface area contributed by atoms with E-state index in [9.17, 15) is 4.39 Å². The molecule has 0 spiro atoms. The Kier molecular flexibility index (Phi) is 1.44. The number of terminal acetylenes is 1. The van der Waals surface area contributed by atoms with Crippen LogP contribution in [-0.2, 0) is 5.54 Å². The molecule has 1 aromatic heterocycles. The number of rotatable bonds is 1. The predicted molar refractivity (Wildman–Crippen MR) is 42.8 cm³/mol. The average Bonchev–Trinajstić information content (AvgIpc) is 2.35. The van der Waals surface area contributed by atoms with Crippen molar-refractivity contribution in [3.63, 3.8) is 0 Å². The second kappa shape index (κ2) is 2.34. The fraction of sp³-hybridized carbons (Fsp3) is 0.444. The van der Waals surface area contributed by atoms with E-state index in [4.69, 9.17) is 6.42 Å². The Labute approximate surface area is 70.4 Å². The molecule has 3 heteroatoms. The van der Waals surface area contributed by atoms with Gasteiger partial charge in [-0.3, -0.25) is 4.68 Å². The topological polar surface area (TPSA) is 17.8 Å². The molecule has 2 rings (SSSR count). The van der Waals surface area contributed by atoms with Crippen molar-refractivity contribution in [1.82, 2.24) is 9.78 Å². The third-order valence-corrected chi connectivity index (χ3v) is 2.44. The molecule has 1 heterocycles. The van der Waals surface area contributed by atoms with Crippen LogP contribution >= 0.6 is 0 Å². The molecule has 0 saturated heterocycles. The van der Waals surface area contributed by atoms with E-state index in [0.29, 0.717) is 0 Å². The maximum absolute atomic E-state index is 12.6. The largest absolute Gasteiger partial charge is 0.252 e. The molecule has 0 amide bonds. The fourth-order valence-corrected chi connectivity index (χ4v) is 1.49. The summed E-state index contributed by atoms with van der Waals surface area (Å²) in [5, 5.41) is 3.88. The van der Waals surface area contributed by atoms with Crippen LogP contribution in [0.5, 0.6) is 0 Å². The summed E-state index contributed by atoms with van der Waals surface area (Å²) in [5.74, 6) is 2.36. The molecule has 2 nitrogen and oxygen atoms in total. The standard InChI is InChI=1S/C9H9FN2/c1-2-9(4-3-5-9)12-7-8(10)6-11-12/h1,6-7H,3-5H2. The highest BCUT2D eigenvalue weighted by Gasteiger charge is 2.37. The van der Waals surface area contributed by atoms with Gasteiger partial charge in [0.2, 0.25) is 0 Å². The van der Waals surface area contributed by atoms with Gasteiger partial charge in [0, 0.05) is 0 Å². The summed E-state index contributed by atoms with van der Waals surface area (Å²) in [6, 6.07) is 0. The third-order valence-electron chi connectivity index (χ3n) is 2.44. The molecule has 1 aliphatic rings. The zero-order valence-electron chi connectivity index (χ0n) is 6.63. The van der Waals surface area contributed by atoms with Gasteiger partial charge in [-0.25, -0.2) is 4.39 Å². The van der Waals surface area contributed by atoms with Crippen molar-refractivity contribution < 1.29 is 4.39 Å². The Morgan fingerprint density at radius 1 is 1.67 bits per heavy atom. The first kappa shape index (κ1) is 7.35. The Hall–Kier alpha value is -1.30. The highest BCUT2D eigenvalue weighted by Crippen LogP contribution is 2.37. The molecule has 1 aliphatic carbocycles. The molecule has 1 fully saturated rings. The highest BCUT2D eigenvalue weighted by molar-refractivity contribution is 5.15. The summed E-state index contributed by atoms with van der Waals surface area (Å²) < 4.78 is 14.2. The van der Waals surface area contributed by atoms with Gasteiger partial charge in [-0.05, 0) is 19.3 Å². The van der Waals surface area contributed by atoms with Gasteiger partial charge >= 0.3 is 0 Å². The normalized spacial score (nSPS) is 19.7. The molecule has 0 aromatic carbocycles. The van der Waals surface area contributed by atoms with Crippen LogP contribution in [0.4, 0.5) is 4.39 Å². The smallest absolute Gasteiger partial charge is 0.161 e. The zero-order chi connectivity index (χ0) is 8.60. The maximum Gasteiger partial charge on any atom is 0.161 e. The first-order valence-corrected chi connectivity index (χ1v) is 3.95. The average molecular weight is 164 g/mol. The Morgan fingerprint density at radius 3 is 2.75 bits per heavy atom. The van der Waals surface area contributed by atoms with Crippen molar-refractivity contribution in [2.45, 2.75) is 24.8 Å². The minimum absolute atomic E-state index is 0.323. The number of halogens is 1. The van der Waals surface area contributed by atoms with Crippen LogP contribution in [0.15, 0.2) is 12.4 Å². The molecule has 0 N–H and O–H groups in total. The molecule has 0 radical (unpaired) electrons. The SMILES string of the molecule is C#CC1(n2cc(F)cn2)CCC1. The van der Waals surface area contributed by atoms with E-state index in [1.165, 1.54) is 12.4 Å². The van der Waals surface area contributed by atoms with E-state index in [1.807, 2.05) is 0 Å². The Bertz CT molecular complexity index is 331. The lowest BCUT2D eigenvalue weighted by Crippen LogP contribution is -2.39. The van der Waals surface area contributed by atoms with Crippen LogP contribution in [0, 0.1) is 18.2 Å². The van der Waals surface area contributed by atoms with Crippen molar-refractivity contribution in [2.75, 3.05) is 0 Å². The second-order valence-corrected chi connectivity index (χ2v) is 3.13. The fourth-order valence-electron chi connectivity index (χ4n) is 1.49. The van der Waals surface area contributed by atoms with Crippen LogP contribution in [0.3, 0.4) is 0 Å². The quantitative estimate of drug-likeness (QED) is 0.575. The van der Waals surface area contributed by atoms with Gasteiger partial charge in [0.25, 0.3) is 0 Å². The van der Waals surface area contributed by atoms with Gasteiger partial charge in [0.15, 0.2) is 5.82 Å². The van der Waals surface area contributed by atoms with Crippen molar-refractivity contribution in [2.24, 2.45) is 0 Å². The Morgan fingerprint density at radius 2 is 2.42 bits per heavy atom. The van der Waals surface area contributed by atoms with Crippen molar-refractivity contribution >= 4 is 0 Å². The molecule has 62 valence electrons. The van der Waals surface area contributed by atoms with Crippen molar-refractivity contribution in [3.8, 4) is 12.3 Å². The molecule has 0 atom stereocenters. The lowest BCUT2D eigenvalue weighted by Gasteiger charge is -2.36. The predicted octanol–water partition coefficient (Wildman–Crippen LogP) is 1.53. The number of hydrogen-bond donors (Lipinski definition) is 0. The summed E-state index contributed by atoms with van der Waals surface area (Å²) in [7, 11) is 0. The Balaban J connectivity index is 2.35. The summed E-state index contributed by atoms with van der Waals surface area (Å²) in [5.41, 5.74) is -0.329. The number of hydrogen-bond acceptors (Lipinski definition) is 1.